The molecule has 0 bridgehead atoms. The van der Waals surface area contributed by atoms with Crippen LogP contribution in [-0.4, -0.2) is 63.5 Å². The molecular formula is C30H29F3N6O. The molecule has 1 fully saturated rings. The summed E-state index contributed by atoms with van der Waals surface area (Å²) in [6.07, 6.45) is 1.35. The Kier molecular flexibility index (Phi) is 7.61. The van der Waals surface area contributed by atoms with Crippen molar-refractivity contribution < 1.29 is 18.0 Å². The van der Waals surface area contributed by atoms with Crippen LogP contribution in [0.1, 0.15) is 44.6 Å². The number of carbonyl (C=O) groups excluding carboxylic acids is 1. The lowest BCUT2D eigenvalue weighted by Crippen LogP contribution is -2.31. The van der Waals surface area contributed by atoms with Crippen LogP contribution in [-0.2, 0) is 12.7 Å². The zero-order chi connectivity index (χ0) is 28.4. The van der Waals surface area contributed by atoms with Gasteiger partial charge in [0.25, 0.3) is 5.91 Å². The van der Waals surface area contributed by atoms with Gasteiger partial charge in [-0.3, -0.25) is 9.69 Å². The third kappa shape index (κ3) is 6.01. The fourth-order valence-electron chi connectivity index (χ4n) is 4.84. The highest BCUT2D eigenvalue weighted by molar-refractivity contribution is 6.04. The van der Waals surface area contributed by atoms with E-state index in [2.05, 4.69) is 32.1 Å². The Balaban J connectivity index is 1.35. The van der Waals surface area contributed by atoms with Crippen molar-refractivity contribution in [2.45, 2.75) is 32.1 Å². The summed E-state index contributed by atoms with van der Waals surface area (Å²) in [5, 5.41) is 6.80. The number of anilines is 1. The number of alkyl halides is 3. The van der Waals surface area contributed by atoms with E-state index in [1.807, 2.05) is 25.9 Å². The molecule has 206 valence electrons. The third-order valence-electron chi connectivity index (χ3n) is 7.17. The number of hydrogen-bond acceptors (Lipinski definition) is 5. The van der Waals surface area contributed by atoms with Gasteiger partial charge in [-0.25, -0.2) is 9.50 Å². The standard InChI is InChI=1S/C30H29F3N6O/c1-20-4-5-23(16-22(20)7-6-21-10-12-35-39-15-13-34-28(21)39)29(40)36-25-9-8-24(27(17-25)30(31,32)33)18-38-14-11-26(19-38)37(2)3/h4-5,8-10,12-13,15-17,26H,11,14,18-19H2,1-3H3,(H,36,40)/t26-/m1/s1. The van der Waals surface area contributed by atoms with Gasteiger partial charge in [0.15, 0.2) is 5.65 Å². The highest BCUT2D eigenvalue weighted by Gasteiger charge is 2.35. The number of nitrogens with one attached hydrogen (secondary N) is 1. The van der Waals surface area contributed by atoms with Crippen molar-refractivity contribution in [3.05, 3.63) is 94.4 Å². The van der Waals surface area contributed by atoms with Gasteiger partial charge in [0, 0.05) is 61.1 Å². The van der Waals surface area contributed by atoms with Crippen molar-refractivity contribution in [2.75, 3.05) is 32.5 Å². The van der Waals surface area contributed by atoms with Gasteiger partial charge >= 0.3 is 6.18 Å². The van der Waals surface area contributed by atoms with Crippen LogP contribution in [0.2, 0.25) is 0 Å². The average Bonchev–Trinajstić information content (AvgIpc) is 3.58. The summed E-state index contributed by atoms with van der Waals surface area (Å²) in [6, 6.07) is 11.1. The second-order valence-electron chi connectivity index (χ2n) is 10.2. The van der Waals surface area contributed by atoms with Crippen molar-refractivity contribution >= 4 is 17.2 Å². The molecule has 0 saturated carbocycles. The number of benzene rings is 2. The van der Waals surface area contributed by atoms with E-state index >= 15 is 0 Å². The van der Waals surface area contributed by atoms with Gasteiger partial charge in [0.2, 0.25) is 0 Å². The summed E-state index contributed by atoms with van der Waals surface area (Å²) >= 11 is 0. The molecule has 1 amide bonds. The van der Waals surface area contributed by atoms with Gasteiger partial charge in [-0.05, 0) is 68.9 Å². The summed E-state index contributed by atoms with van der Waals surface area (Å²) in [5.41, 5.74) is 2.62. The predicted molar refractivity (Wildman–Crippen MR) is 147 cm³/mol. The first-order valence-corrected chi connectivity index (χ1v) is 12.9. The highest BCUT2D eigenvalue weighted by atomic mass is 19.4. The Hall–Kier alpha value is -4.20. The summed E-state index contributed by atoms with van der Waals surface area (Å²) < 4.78 is 43.6. The first-order chi connectivity index (χ1) is 19.1. The number of hydrogen-bond donors (Lipinski definition) is 1. The van der Waals surface area contributed by atoms with Crippen LogP contribution < -0.4 is 5.32 Å². The maximum Gasteiger partial charge on any atom is 0.416 e. The number of rotatable bonds is 5. The normalized spacial score (nSPS) is 15.8. The minimum atomic E-state index is -4.55. The zero-order valence-corrected chi connectivity index (χ0v) is 22.5. The number of amides is 1. The number of likely N-dealkylation sites (N-methyl/N-ethyl adjacent to an activating group) is 1. The first kappa shape index (κ1) is 27.4. The molecule has 10 heteroatoms. The monoisotopic (exact) mass is 546 g/mol. The van der Waals surface area contributed by atoms with Gasteiger partial charge < -0.3 is 10.2 Å². The number of carbonyl (C=O) groups is 1. The Morgan fingerprint density at radius 1 is 1.10 bits per heavy atom. The van der Waals surface area contributed by atoms with Crippen LogP contribution in [0.15, 0.2) is 61.1 Å². The molecule has 0 radical (unpaired) electrons. The molecule has 7 nitrogen and oxygen atoms in total. The van der Waals surface area contributed by atoms with Crippen LogP contribution in [0.5, 0.6) is 0 Å². The summed E-state index contributed by atoms with van der Waals surface area (Å²) in [4.78, 5) is 21.4. The Morgan fingerprint density at radius 2 is 1.90 bits per heavy atom. The van der Waals surface area contributed by atoms with E-state index in [0.29, 0.717) is 28.4 Å². The van der Waals surface area contributed by atoms with Crippen LogP contribution in [0.4, 0.5) is 18.9 Å². The third-order valence-corrected chi connectivity index (χ3v) is 7.17. The van der Waals surface area contributed by atoms with Crippen LogP contribution in [0, 0.1) is 18.8 Å². The summed E-state index contributed by atoms with van der Waals surface area (Å²) in [6.45, 7) is 3.54. The summed E-state index contributed by atoms with van der Waals surface area (Å²) in [7, 11) is 3.96. The van der Waals surface area contributed by atoms with E-state index in [1.165, 1.54) is 12.1 Å². The highest BCUT2D eigenvalue weighted by Crippen LogP contribution is 2.35. The molecule has 3 heterocycles. The molecule has 1 aliphatic rings. The van der Waals surface area contributed by atoms with E-state index in [4.69, 9.17) is 0 Å². The fraction of sp³-hybridized carbons (Fsp3) is 0.300. The molecule has 5 rings (SSSR count). The molecule has 0 aliphatic carbocycles. The van der Waals surface area contributed by atoms with Gasteiger partial charge in [-0.1, -0.05) is 24.0 Å². The Morgan fingerprint density at radius 3 is 2.65 bits per heavy atom. The molecule has 1 N–H and O–H groups in total. The minimum Gasteiger partial charge on any atom is -0.322 e. The largest absolute Gasteiger partial charge is 0.416 e. The topological polar surface area (TPSA) is 65.8 Å². The zero-order valence-electron chi connectivity index (χ0n) is 22.5. The van der Waals surface area contributed by atoms with E-state index in [1.54, 1.807) is 47.4 Å². The minimum absolute atomic E-state index is 0.0837. The van der Waals surface area contributed by atoms with E-state index in [-0.39, 0.29) is 17.8 Å². The molecule has 0 spiro atoms. The van der Waals surface area contributed by atoms with Gasteiger partial charge in [-0.2, -0.15) is 18.3 Å². The number of aromatic nitrogens is 3. The number of aryl methyl sites for hydroxylation is 1. The number of nitrogens with zero attached hydrogens (tertiary/aromatic N) is 5. The lowest BCUT2D eigenvalue weighted by molar-refractivity contribution is -0.138. The van der Waals surface area contributed by atoms with E-state index in [9.17, 15) is 18.0 Å². The van der Waals surface area contributed by atoms with Gasteiger partial charge in [0.1, 0.15) is 0 Å². The Labute approximate surface area is 230 Å². The second kappa shape index (κ2) is 11.1. The molecular weight excluding hydrogens is 517 g/mol. The SMILES string of the molecule is Cc1ccc(C(=O)Nc2ccc(CN3CC[C@@H](N(C)C)C3)c(C(F)(F)F)c2)cc1C#Cc1ccnn2ccnc12. The maximum atomic E-state index is 14.0. The molecule has 4 aromatic rings. The van der Waals surface area contributed by atoms with Crippen molar-refractivity contribution in [1.29, 1.82) is 0 Å². The van der Waals surface area contributed by atoms with Crippen LogP contribution in [0.3, 0.4) is 0 Å². The molecule has 1 atom stereocenters. The van der Waals surface area contributed by atoms with Crippen molar-refractivity contribution in [3.63, 3.8) is 0 Å². The van der Waals surface area contributed by atoms with Crippen molar-refractivity contribution in [3.8, 4) is 11.8 Å². The fourth-order valence-corrected chi connectivity index (χ4v) is 4.84. The van der Waals surface area contributed by atoms with Gasteiger partial charge in [0.05, 0.1) is 11.1 Å². The molecule has 1 saturated heterocycles. The number of halogens is 3. The number of fused-ring (bicyclic) bond motifs is 1. The molecule has 0 unspecified atom stereocenters. The van der Waals surface area contributed by atoms with Crippen molar-refractivity contribution in [1.82, 2.24) is 24.4 Å². The lowest BCUT2D eigenvalue weighted by Gasteiger charge is -2.22. The molecule has 40 heavy (non-hydrogen) atoms. The lowest BCUT2D eigenvalue weighted by atomic mass is 10.0. The predicted octanol–water partition coefficient (Wildman–Crippen LogP) is 4.84. The van der Waals surface area contributed by atoms with E-state index < -0.39 is 17.6 Å². The quantitative estimate of drug-likeness (QED) is 0.363. The van der Waals surface area contributed by atoms with E-state index in [0.717, 1.165) is 31.1 Å². The van der Waals surface area contributed by atoms with Crippen molar-refractivity contribution in [2.24, 2.45) is 0 Å². The molecule has 2 aromatic carbocycles. The number of likely N-dealkylation sites (tertiary alicyclic amines) is 1. The molecule has 2 aromatic heterocycles. The maximum absolute atomic E-state index is 14.0. The Bertz CT molecular complexity index is 1620. The van der Waals surface area contributed by atoms with Crippen LogP contribution >= 0.6 is 0 Å². The number of imidazole rings is 1. The summed E-state index contributed by atoms with van der Waals surface area (Å²) in [5.74, 6) is 5.65. The van der Waals surface area contributed by atoms with Crippen LogP contribution in [0.25, 0.3) is 5.65 Å². The first-order valence-electron chi connectivity index (χ1n) is 12.9. The smallest absolute Gasteiger partial charge is 0.322 e. The molecule has 1 aliphatic heterocycles. The average molecular weight is 547 g/mol. The van der Waals surface area contributed by atoms with Gasteiger partial charge in [-0.15, -0.1) is 0 Å². The second-order valence-corrected chi connectivity index (χ2v) is 10.2.